The molecule has 0 amide bonds. The van der Waals surface area contributed by atoms with Crippen molar-refractivity contribution in [1.82, 2.24) is 19.8 Å². The van der Waals surface area contributed by atoms with Gasteiger partial charge in [-0.15, -0.1) is 0 Å². The van der Waals surface area contributed by atoms with Gasteiger partial charge in [0.15, 0.2) is 0 Å². The average Bonchev–Trinajstić information content (AvgIpc) is 3.13. The minimum atomic E-state index is -0.311. The third-order valence-corrected chi connectivity index (χ3v) is 6.82. The lowest BCUT2D eigenvalue weighted by atomic mass is 9.78. The standard InChI is InChI=1S/C22H28FN5/c1-26-15-22(16-26)5-4-19(12-22)27-7-9-28(10-8-27)21-20(3-2-6-25-21)17-11-18(23)14-24-13-17/h2-3,6,11,13-14,19H,4-5,7-10,12,15-16H2,1H3. The van der Waals surface area contributed by atoms with Gasteiger partial charge in [0.25, 0.3) is 0 Å². The summed E-state index contributed by atoms with van der Waals surface area (Å²) in [6.45, 7) is 6.65. The fourth-order valence-corrected chi connectivity index (χ4v) is 5.61. The second kappa shape index (κ2) is 7.08. The molecule has 0 radical (unpaired) electrons. The third-order valence-electron chi connectivity index (χ3n) is 6.82. The van der Waals surface area contributed by atoms with Crippen LogP contribution in [0.15, 0.2) is 36.8 Å². The molecular weight excluding hydrogens is 353 g/mol. The molecule has 1 atom stereocenters. The quantitative estimate of drug-likeness (QED) is 0.817. The van der Waals surface area contributed by atoms with Crippen LogP contribution in [0.4, 0.5) is 10.2 Å². The number of halogens is 1. The fourth-order valence-electron chi connectivity index (χ4n) is 5.61. The minimum absolute atomic E-state index is 0.311. The van der Waals surface area contributed by atoms with E-state index in [-0.39, 0.29) is 5.82 Å². The first-order valence-electron chi connectivity index (χ1n) is 10.4. The van der Waals surface area contributed by atoms with Crippen LogP contribution in [0.2, 0.25) is 0 Å². The Hall–Kier alpha value is -2.05. The van der Waals surface area contributed by atoms with Gasteiger partial charge in [-0.25, -0.2) is 9.37 Å². The first-order chi connectivity index (χ1) is 13.6. The molecule has 2 saturated heterocycles. The number of hydrogen-bond acceptors (Lipinski definition) is 5. The highest BCUT2D eigenvalue weighted by Gasteiger charge is 2.48. The highest BCUT2D eigenvalue weighted by atomic mass is 19.1. The molecule has 1 unspecified atom stereocenters. The average molecular weight is 381 g/mol. The van der Waals surface area contributed by atoms with Crippen LogP contribution in [0.25, 0.3) is 11.1 Å². The number of anilines is 1. The van der Waals surface area contributed by atoms with Gasteiger partial charge in [0.2, 0.25) is 0 Å². The molecule has 1 saturated carbocycles. The summed E-state index contributed by atoms with van der Waals surface area (Å²) < 4.78 is 13.7. The third kappa shape index (κ3) is 3.29. The van der Waals surface area contributed by atoms with E-state index in [2.05, 4.69) is 31.7 Å². The van der Waals surface area contributed by atoms with Crippen LogP contribution in [0.3, 0.4) is 0 Å². The van der Waals surface area contributed by atoms with Crippen molar-refractivity contribution in [3.8, 4) is 11.1 Å². The highest BCUT2D eigenvalue weighted by molar-refractivity contribution is 5.75. The monoisotopic (exact) mass is 381 g/mol. The van der Waals surface area contributed by atoms with E-state index in [1.54, 1.807) is 6.20 Å². The molecule has 2 aliphatic heterocycles. The van der Waals surface area contributed by atoms with Gasteiger partial charge in [-0.05, 0) is 49.9 Å². The summed E-state index contributed by atoms with van der Waals surface area (Å²) in [5.74, 6) is 0.631. The largest absolute Gasteiger partial charge is 0.354 e. The van der Waals surface area contributed by atoms with Crippen molar-refractivity contribution in [1.29, 1.82) is 0 Å². The van der Waals surface area contributed by atoms with E-state index < -0.39 is 0 Å². The van der Waals surface area contributed by atoms with Crippen LogP contribution in [0.5, 0.6) is 0 Å². The van der Waals surface area contributed by atoms with E-state index in [0.29, 0.717) is 5.41 Å². The van der Waals surface area contributed by atoms with Crippen molar-refractivity contribution in [3.05, 3.63) is 42.6 Å². The first kappa shape index (κ1) is 18.0. The summed E-state index contributed by atoms with van der Waals surface area (Å²) in [6, 6.07) is 6.20. The summed E-state index contributed by atoms with van der Waals surface area (Å²) in [4.78, 5) is 16.1. The molecule has 3 fully saturated rings. The van der Waals surface area contributed by atoms with Crippen LogP contribution in [-0.2, 0) is 0 Å². The van der Waals surface area contributed by atoms with E-state index in [9.17, 15) is 4.39 Å². The number of aromatic nitrogens is 2. The van der Waals surface area contributed by atoms with E-state index in [1.165, 1.54) is 44.6 Å². The number of rotatable bonds is 3. The minimum Gasteiger partial charge on any atom is -0.354 e. The zero-order valence-corrected chi connectivity index (χ0v) is 16.5. The van der Waals surface area contributed by atoms with Gasteiger partial charge in [-0.2, -0.15) is 0 Å². The lowest BCUT2D eigenvalue weighted by Gasteiger charge is -2.47. The van der Waals surface area contributed by atoms with Crippen molar-refractivity contribution < 1.29 is 4.39 Å². The van der Waals surface area contributed by atoms with Crippen molar-refractivity contribution in [3.63, 3.8) is 0 Å². The predicted octanol–water partition coefficient (Wildman–Crippen LogP) is 2.89. The van der Waals surface area contributed by atoms with E-state index >= 15 is 0 Å². The van der Waals surface area contributed by atoms with Crippen LogP contribution in [0.1, 0.15) is 19.3 Å². The van der Waals surface area contributed by atoms with Crippen molar-refractivity contribution in [2.24, 2.45) is 5.41 Å². The van der Waals surface area contributed by atoms with Gasteiger partial charge in [-0.3, -0.25) is 9.88 Å². The molecule has 2 aromatic rings. The molecule has 3 aliphatic rings. The second-order valence-corrected chi connectivity index (χ2v) is 8.86. The Bertz CT molecular complexity index is 842. The maximum absolute atomic E-state index is 13.7. The van der Waals surface area contributed by atoms with E-state index in [0.717, 1.165) is 49.2 Å². The number of hydrogen-bond donors (Lipinski definition) is 0. The van der Waals surface area contributed by atoms with Gasteiger partial charge in [0.1, 0.15) is 11.6 Å². The molecule has 5 rings (SSSR count). The Morgan fingerprint density at radius 2 is 1.96 bits per heavy atom. The zero-order valence-electron chi connectivity index (χ0n) is 16.5. The Labute approximate surface area is 166 Å². The Kier molecular flexibility index (Phi) is 4.56. The van der Waals surface area contributed by atoms with Crippen molar-refractivity contribution in [2.75, 3.05) is 51.2 Å². The molecule has 6 heteroatoms. The Morgan fingerprint density at radius 3 is 2.71 bits per heavy atom. The van der Waals surface area contributed by atoms with E-state index in [1.807, 2.05) is 18.3 Å². The number of nitrogens with zero attached hydrogens (tertiary/aromatic N) is 5. The molecular formula is C22H28FN5. The zero-order chi connectivity index (χ0) is 19.1. The molecule has 148 valence electrons. The Balaban J connectivity index is 1.27. The van der Waals surface area contributed by atoms with Crippen LogP contribution in [-0.4, -0.2) is 72.1 Å². The summed E-state index contributed by atoms with van der Waals surface area (Å²) in [5.41, 5.74) is 2.35. The summed E-state index contributed by atoms with van der Waals surface area (Å²) in [7, 11) is 2.23. The summed E-state index contributed by atoms with van der Waals surface area (Å²) in [5, 5.41) is 0. The first-order valence-corrected chi connectivity index (χ1v) is 10.4. The smallest absolute Gasteiger partial charge is 0.142 e. The molecule has 0 bridgehead atoms. The predicted molar refractivity (Wildman–Crippen MR) is 109 cm³/mol. The fraction of sp³-hybridized carbons (Fsp3) is 0.545. The lowest BCUT2D eigenvalue weighted by molar-refractivity contribution is 0.0204. The van der Waals surface area contributed by atoms with E-state index in [4.69, 9.17) is 0 Å². The van der Waals surface area contributed by atoms with Gasteiger partial charge in [0.05, 0.1) is 6.20 Å². The number of pyridine rings is 2. The maximum atomic E-state index is 13.7. The molecule has 1 aliphatic carbocycles. The second-order valence-electron chi connectivity index (χ2n) is 8.86. The van der Waals surface area contributed by atoms with Crippen LogP contribution >= 0.6 is 0 Å². The lowest BCUT2D eigenvalue weighted by Crippen LogP contribution is -2.54. The molecule has 2 aromatic heterocycles. The van der Waals surface area contributed by atoms with Gasteiger partial charge in [-0.1, -0.05) is 0 Å². The van der Waals surface area contributed by atoms with Gasteiger partial charge in [0, 0.05) is 68.8 Å². The maximum Gasteiger partial charge on any atom is 0.142 e. The molecule has 1 spiro atoms. The SMILES string of the molecule is CN1CC2(CCC(N3CCN(c4ncccc4-c4cncc(F)c4)CC3)C2)C1. The molecule has 0 N–H and O–H groups in total. The highest BCUT2D eigenvalue weighted by Crippen LogP contribution is 2.46. The van der Waals surface area contributed by atoms with Crippen molar-refractivity contribution >= 4 is 5.82 Å². The van der Waals surface area contributed by atoms with Gasteiger partial charge >= 0.3 is 0 Å². The topological polar surface area (TPSA) is 35.5 Å². The van der Waals surface area contributed by atoms with Gasteiger partial charge < -0.3 is 9.80 Å². The Morgan fingerprint density at radius 1 is 1.14 bits per heavy atom. The van der Waals surface area contributed by atoms with Crippen LogP contribution < -0.4 is 4.90 Å². The molecule has 0 aromatic carbocycles. The van der Waals surface area contributed by atoms with Crippen molar-refractivity contribution in [2.45, 2.75) is 25.3 Å². The molecule has 28 heavy (non-hydrogen) atoms. The normalized spacial score (nSPS) is 25.2. The number of piperazine rings is 1. The summed E-state index contributed by atoms with van der Waals surface area (Å²) >= 11 is 0. The summed E-state index contributed by atoms with van der Waals surface area (Å²) in [6.07, 6.45) is 8.88. The molecule has 4 heterocycles. The molecule has 5 nitrogen and oxygen atoms in total. The number of likely N-dealkylation sites (tertiary alicyclic amines) is 1. The van der Waals surface area contributed by atoms with Crippen LogP contribution in [0, 0.1) is 11.2 Å².